The van der Waals surface area contributed by atoms with Gasteiger partial charge in [-0.05, 0) is 55.0 Å². The number of rotatable bonds is 3. The molecule has 2 aromatic rings. The Morgan fingerprint density at radius 3 is 2.78 bits per heavy atom. The van der Waals surface area contributed by atoms with E-state index in [0.29, 0.717) is 6.42 Å². The SMILES string of the molecule is Cc1ccc(C(=O)Cc2ccc3c(c2)CCC3)s1. The van der Waals surface area contributed by atoms with Gasteiger partial charge < -0.3 is 0 Å². The fraction of sp³-hybridized carbons (Fsp3) is 0.312. The van der Waals surface area contributed by atoms with Gasteiger partial charge in [-0.15, -0.1) is 11.3 Å². The van der Waals surface area contributed by atoms with E-state index in [-0.39, 0.29) is 5.78 Å². The second kappa shape index (κ2) is 4.69. The predicted molar refractivity (Wildman–Crippen MR) is 75.6 cm³/mol. The molecule has 2 heteroatoms. The van der Waals surface area contributed by atoms with Crippen molar-refractivity contribution >= 4 is 17.1 Å². The molecule has 1 heterocycles. The molecule has 0 fully saturated rings. The standard InChI is InChI=1S/C16H16OS/c1-11-5-8-16(18-11)15(17)10-12-6-7-13-3-2-4-14(13)9-12/h5-9H,2-4,10H2,1H3. The molecule has 0 N–H and O–H groups in total. The third-order valence-corrected chi connectivity index (χ3v) is 4.58. The summed E-state index contributed by atoms with van der Waals surface area (Å²) in [5, 5.41) is 0. The molecule has 1 aliphatic carbocycles. The van der Waals surface area contributed by atoms with Crippen molar-refractivity contribution in [1.82, 2.24) is 0 Å². The number of carbonyl (C=O) groups is 1. The van der Waals surface area contributed by atoms with Crippen LogP contribution in [0.1, 0.15) is 37.7 Å². The van der Waals surface area contributed by atoms with Crippen molar-refractivity contribution in [2.45, 2.75) is 32.6 Å². The zero-order valence-corrected chi connectivity index (χ0v) is 11.3. The van der Waals surface area contributed by atoms with Gasteiger partial charge in [0.05, 0.1) is 4.88 Å². The highest BCUT2D eigenvalue weighted by Gasteiger charge is 2.13. The number of hydrogen-bond donors (Lipinski definition) is 0. The summed E-state index contributed by atoms with van der Waals surface area (Å²) in [5.74, 6) is 0.242. The first-order valence-electron chi connectivity index (χ1n) is 6.43. The molecule has 92 valence electrons. The second-order valence-corrected chi connectivity index (χ2v) is 6.25. The second-order valence-electron chi connectivity index (χ2n) is 4.97. The Bertz CT molecular complexity index is 595. The van der Waals surface area contributed by atoms with E-state index in [4.69, 9.17) is 0 Å². The lowest BCUT2D eigenvalue weighted by molar-refractivity contribution is 0.0997. The summed E-state index contributed by atoms with van der Waals surface area (Å²) < 4.78 is 0. The molecule has 0 aliphatic heterocycles. The molecule has 1 nitrogen and oxygen atoms in total. The molecule has 1 aromatic carbocycles. The van der Waals surface area contributed by atoms with Crippen LogP contribution in [0.5, 0.6) is 0 Å². The van der Waals surface area contributed by atoms with Crippen LogP contribution in [0.15, 0.2) is 30.3 Å². The number of Topliss-reactive ketones (excluding diaryl/α,β-unsaturated/α-hetero) is 1. The molecular weight excluding hydrogens is 240 g/mol. The van der Waals surface area contributed by atoms with Crippen molar-refractivity contribution < 1.29 is 4.79 Å². The van der Waals surface area contributed by atoms with E-state index in [1.54, 1.807) is 11.3 Å². The van der Waals surface area contributed by atoms with Gasteiger partial charge in [0.25, 0.3) is 0 Å². The summed E-state index contributed by atoms with van der Waals surface area (Å²) in [7, 11) is 0. The largest absolute Gasteiger partial charge is 0.293 e. The lowest BCUT2D eigenvalue weighted by atomic mass is 10.0. The first-order chi connectivity index (χ1) is 8.72. The summed E-state index contributed by atoms with van der Waals surface area (Å²) in [4.78, 5) is 14.2. The minimum Gasteiger partial charge on any atom is -0.293 e. The van der Waals surface area contributed by atoms with Gasteiger partial charge in [0.15, 0.2) is 5.78 Å². The van der Waals surface area contributed by atoms with Crippen molar-refractivity contribution in [3.05, 3.63) is 56.8 Å². The topological polar surface area (TPSA) is 17.1 Å². The van der Waals surface area contributed by atoms with E-state index in [0.717, 1.165) is 10.4 Å². The lowest BCUT2D eigenvalue weighted by Crippen LogP contribution is -2.01. The molecule has 0 amide bonds. The number of hydrogen-bond acceptors (Lipinski definition) is 2. The van der Waals surface area contributed by atoms with Crippen molar-refractivity contribution in [3.63, 3.8) is 0 Å². The monoisotopic (exact) mass is 256 g/mol. The van der Waals surface area contributed by atoms with Gasteiger partial charge in [-0.1, -0.05) is 18.2 Å². The molecule has 0 radical (unpaired) electrons. The van der Waals surface area contributed by atoms with Gasteiger partial charge in [0.1, 0.15) is 0 Å². The fourth-order valence-corrected chi connectivity index (χ4v) is 3.40. The number of benzene rings is 1. The van der Waals surface area contributed by atoms with Crippen LogP contribution in [-0.2, 0) is 19.3 Å². The van der Waals surface area contributed by atoms with E-state index < -0.39 is 0 Å². The van der Waals surface area contributed by atoms with Crippen LogP contribution in [0.3, 0.4) is 0 Å². The number of aryl methyl sites for hydroxylation is 3. The third kappa shape index (κ3) is 2.25. The van der Waals surface area contributed by atoms with Crippen LogP contribution in [0, 0.1) is 6.92 Å². The quantitative estimate of drug-likeness (QED) is 0.759. The molecule has 0 atom stereocenters. The number of carbonyl (C=O) groups excluding carboxylic acids is 1. The average molecular weight is 256 g/mol. The minimum absolute atomic E-state index is 0.242. The van der Waals surface area contributed by atoms with Gasteiger partial charge in [0.2, 0.25) is 0 Å². The maximum Gasteiger partial charge on any atom is 0.177 e. The molecule has 1 aromatic heterocycles. The highest BCUT2D eigenvalue weighted by atomic mass is 32.1. The number of fused-ring (bicyclic) bond motifs is 1. The van der Waals surface area contributed by atoms with Crippen LogP contribution >= 0.6 is 11.3 Å². The van der Waals surface area contributed by atoms with Crippen LogP contribution < -0.4 is 0 Å². The highest BCUT2D eigenvalue weighted by molar-refractivity contribution is 7.14. The summed E-state index contributed by atoms with van der Waals surface area (Å²) in [5.41, 5.74) is 4.08. The van der Waals surface area contributed by atoms with Crippen molar-refractivity contribution in [1.29, 1.82) is 0 Å². The molecule has 1 aliphatic rings. The number of thiophene rings is 1. The van der Waals surface area contributed by atoms with Crippen LogP contribution in [0.2, 0.25) is 0 Å². The molecule has 18 heavy (non-hydrogen) atoms. The van der Waals surface area contributed by atoms with Crippen molar-refractivity contribution in [2.75, 3.05) is 0 Å². The van der Waals surface area contributed by atoms with Gasteiger partial charge in [-0.3, -0.25) is 4.79 Å². The molecule has 0 bridgehead atoms. The van der Waals surface area contributed by atoms with E-state index in [1.165, 1.54) is 35.3 Å². The third-order valence-electron chi connectivity index (χ3n) is 3.54. The molecule has 0 spiro atoms. The number of ketones is 1. The zero-order chi connectivity index (χ0) is 12.5. The Hall–Kier alpha value is -1.41. The Labute approximate surface area is 111 Å². The zero-order valence-electron chi connectivity index (χ0n) is 10.5. The van der Waals surface area contributed by atoms with E-state index in [1.807, 2.05) is 19.1 Å². The highest BCUT2D eigenvalue weighted by Crippen LogP contribution is 2.24. The first kappa shape index (κ1) is 11.7. The van der Waals surface area contributed by atoms with Crippen molar-refractivity contribution in [3.8, 4) is 0 Å². The average Bonchev–Trinajstić information content (AvgIpc) is 2.96. The van der Waals surface area contributed by atoms with E-state index in [2.05, 4.69) is 18.2 Å². The summed E-state index contributed by atoms with van der Waals surface area (Å²) in [6, 6.07) is 10.5. The Kier molecular flexibility index (Phi) is 3.04. The maximum atomic E-state index is 12.1. The first-order valence-corrected chi connectivity index (χ1v) is 7.24. The van der Waals surface area contributed by atoms with Crippen LogP contribution in [0.25, 0.3) is 0 Å². The molecule has 3 rings (SSSR count). The van der Waals surface area contributed by atoms with Crippen LogP contribution in [-0.4, -0.2) is 5.78 Å². The van der Waals surface area contributed by atoms with Crippen molar-refractivity contribution in [2.24, 2.45) is 0 Å². The summed E-state index contributed by atoms with van der Waals surface area (Å²) in [6.45, 7) is 2.04. The summed E-state index contributed by atoms with van der Waals surface area (Å²) in [6.07, 6.45) is 4.17. The maximum absolute atomic E-state index is 12.1. The molecular formula is C16H16OS. The Morgan fingerprint density at radius 1 is 1.17 bits per heavy atom. The smallest absolute Gasteiger partial charge is 0.177 e. The van der Waals surface area contributed by atoms with E-state index >= 15 is 0 Å². The molecule has 0 saturated carbocycles. The van der Waals surface area contributed by atoms with Gasteiger partial charge in [-0.25, -0.2) is 0 Å². The Morgan fingerprint density at radius 2 is 2.00 bits per heavy atom. The minimum atomic E-state index is 0.242. The van der Waals surface area contributed by atoms with E-state index in [9.17, 15) is 4.79 Å². The van der Waals surface area contributed by atoms with Gasteiger partial charge in [0, 0.05) is 11.3 Å². The fourth-order valence-electron chi connectivity index (χ4n) is 2.59. The van der Waals surface area contributed by atoms with Gasteiger partial charge >= 0.3 is 0 Å². The van der Waals surface area contributed by atoms with Crippen LogP contribution in [0.4, 0.5) is 0 Å². The molecule has 0 unspecified atom stereocenters. The van der Waals surface area contributed by atoms with Gasteiger partial charge in [-0.2, -0.15) is 0 Å². The summed E-state index contributed by atoms with van der Waals surface area (Å²) >= 11 is 1.59. The Balaban J connectivity index is 1.78. The molecule has 0 saturated heterocycles. The predicted octanol–water partition coefficient (Wildman–Crippen LogP) is 3.97. The normalized spacial score (nSPS) is 13.6. The lowest BCUT2D eigenvalue weighted by Gasteiger charge is -2.03.